The van der Waals surface area contributed by atoms with Gasteiger partial charge >= 0.3 is 0 Å². The summed E-state index contributed by atoms with van der Waals surface area (Å²) in [7, 11) is 0. The fourth-order valence-corrected chi connectivity index (χ4v) is 3.51. The van der Waals surface area contributed by atoms with E-state index in [2.05, 4.69) is 20.8 Å². The topological polar surface area (TPSA) is 93.0 Å². The van der Waals surface area contributed by atoms with Crippen LogP contribution in [0, 0.1) is 6.92 Å². The van der Waals surface area contributed by atoms with Gasteiger partial charge in [-0.1, -0.05) is 30.3 Å². The second-order valence-corrected chi connectivity index (χ2v) is 6.89. The number of amides is 2. The van der Waals surface area contributed by atoms with Crippen LogP contribution < -0.4 is 5.32 Å². The number of benzene rings is 2. The van der Waals surface area contributed by atoms with E-state index in [1.54, 1.807) is 15.8 Å². The van der Waals surface area contributed by atoms with E-state index in [-0.39, 0.29) is 24.3 Å². The summed E-state index contributed by atoms with van der Waals surface area (Å²) in [4.78, 5) is 26.5. The fourth-order valence-electron chi connectivity index (χ4n) is 3.51. The molecule has 2 amide bonds. The molecule has 0 aliphatic carbocycles. The van der Waals surface area contributed by atoms with Crippen LogP contribution >= 0.6 is 0 Å². The van der Waals surface area contributed by atoms with Crippen LogP contribution in [-0.2, 0) is 9.59 Å². The molecule has 0 saturated carbocycles. The van der Waals surface area contributed by atoms with E-state index in [1.807, 2.05) is 55.5 Å². The normalized spacial score (nSPS) is 15.1. The molecule has 1 aliphatic rings. The molecule has 3 aromatic rings. The summed E-state index contributed by atoms with van der Waals surface area (Å²) in [6, 6.07) is 13.0. The van der Waals surface area contributed by atoms with Gasteiger partial charge in [-0.15, -0.1) is 5.10 Å². The van der Waals surface area contributed by atoms with Gasteiger partial charge in [0.1, 0.15) is 6.33 Å². The highest BCUT2D eigenvalue weighted by atomic mass is 16.2. The van der Waals surface area contributed by atoms with E-state index in [0.29, 0.717) is 5.69 Å². The molecule has 8 heteroatoms. The molecule has 0 fully saturated rings. The Bertz CT molecular complexity index is 1090. The molecule has 4 rings (SSSR count). The van der Waals surface area contributed by atoms with Crippen molar-refractivity contribution in [1.82, 2.24) is 25.1 Å². The Morgan fingerprint density at radius 1 is 1.17 bits per heavy atom. The van der Waals surface area contributed by atoms with Crippen LogP contribution in [0.4, 0.5) is 5.69 Å². The smallest absolute Gasteiger partial charge is 0.226 e. The summed E-state index contributed by atoms with van der Waals surface area (Å²) in [6.07, 6.45) is 5.28. The number of carbonyl (C=O) groups is 2. The molecule has 1 aromatic heterocycles. The first-order valence-electron chi connectivity index (χ1n) is 9.23. The Labute approximate surface area is 167 Å². The summed E-state index contributed by atoms with van der Waals surface area (Å²) in [5.74, 6) is -0.289. The van der Waals surface area contributed by atoms with Crippen molar-refractivity contribution < 1.29 is 9.59 Å². The lowest BCUT2D eigenvalue weighted by Crippen LogP contribution is -2.33. The summed E-state index contributed by atoms with van der Waals surface area (Å²) in [5.41, 5.74) is 4.37. The van der Waals surface area contributed by atoms with Crippen molar-refractivity contribution in [3.63, 3.8) is 0 Å². The zero-order valence-electron chi connectivity index (χ0n) is 16.1. The van der Waals surface area contributed by atoms with Crippen molar-refractivity contribution >= 4 is 23.6 Å². The van der Waals surface area contributed by atoms with Gasteiger partial charge in [-0.2, -0.15) is 0 Å². The standard InChI is InChI=1S/C21H20N6O2/c1-14-7-8-17(11-19(14)27-13-22-24-25-27)23-21(29)12-20-18-6-4-3-5-16(18)9-10-26(20)15(2)28/h3-11,13,20H,12H2,1-2H3,(H,23,29). The Balaban J connectivity index is 1.56. The highest BCUT2D eigenvalue weighted by molar-refractivity contribution is 5.92. The molecular weight excluding hydrogens is 368 g/mol. The summed E-state index contributed by atoms with van der Waals surface area (Å²) in [5, 5.41) is 14.1. The van der Waals surface area contributed by atoms with Crippen LogP contribution in [0.5, 0.6) is 0 Å². The lowest BCUT2D eigenvalue weighted by molar-refractivity contribution is -0.129. The van der Waals surface area contributed by atoms with Gasteiger partial charge in [-0.25, -0.2) is 4.68 Å². The van der Waals surface area contributed by atoms with Crippen molar-refractivity contribution in [2.45, 2.75) is 26.3 Å². The lowest BCUT2D eigenvalue weighted by atomic mass is 9.93. The van der Waals surface area contributed by atoms with Gasteiger partial charge in [0.2, 0.25) is 11.8 Å². The number of tetrazole rings is 1. The third-order valence-corrected chi connectivity index (χ3v) is 4.94. The first kappa shape index (κ1) is 18.5. The average molecular weight is 388 g/mol. The second-order valence-electron chi connectivity index (χ2n) is 6.89. The molecule has 0 saturated heterocycles. The molecule has 8 nitrogen and oxygen atoms in total. The Morgan fingerprint density at radius 2 is 2.00 bits per heavy atom. The largest absolute Gasteiger partial charge is 0.326 e. The number of hydrogen-bond donors (Lipinski definition) is 1. The van der Waals surface area contributed by atoms with Crippen LogP contribution in [0.2, 0.25) is 0 Å². The Hall–Kier alpha value is -3.81. The molecule has 29 heavy (non-hydrogen) atoms. The number of aryl methyl sites for hydroxylation is 1. The predicted octanol–water partition coefficient (Wildman–Crippen LogP) is 2.87. The molecule has 146 valence electrons. The SMILES string of the molecule is CC(=O)N1C=Cc2ccccc2C1CC(=O)Nc1ccc(C)c(-n2cnnn2)c1. The quantitative estimate of drug-likeness (QED) is 0.742. The van der Waals surface area contributed by atoms with Crippen LogP contribution in [-0.4, -0.2) is 36.9 Å². The fraction of sp³-hybridized carbons (Fsp3) is 0.190. The number of carbonyl (C=O) groups excluding carboxylic acids is 2. The number of fused-ring (bicyclic) bond motifs is 1. The van der Waals surface area contributed by atoms with E-state index in [0.717, 1.165) is 22.4 Å². The van der Waals surface area contributed by atoms with Crippen molar-refractivity contribution in [3.05, 3.63) is 71.7 Å². The number of rotatable bonds is 4. The molecule has 0 bridgehead atoms. The summed E-state index contributed by atoms with van der Waals surface area (Å²) >= 11 is 0. The van der Waals surface area contributed by atoms with E-state index in [4.69, 9.17) is 0 Å². The monoisotopic (exact) mass is 388 g/mol. The molecule has 1 unspecified atom stereocenters. The predicted molar refractivity (Wildman–Crippen MR) is 108 cm³/mol. The van der Waals surface area contributed by atoms with Crippen molar-refractivity contribution in [1.29, 1.82) is 0 Å². The van der Waals surface area contributed by atoms with Crippen LogP contribution in [0.15, 0.2) is 55.0 Å². The minimum Gasteiger partial charge on any atom is -0.326 e. The van der Waals surface area contributed by atoms with Gasteiger partial charge < -0.3 is 10.2 Å². The highest BCUT2D eigenvalue weighted by Crippen LogP contribution is 2.33. The van der Waals surface area contributed by atoms with Gasteiger partial charge in [0.15, 0.2) is 0 Å². The first-order chi connectivity index (χ1) is 14.0. The maximum absolute atomic E-state index is 12.8. The molecule has 1 N–H and O–H groups in total. The van der Waals surface area contributed by atoms with Crippen LogP contribution in [0.25, 0.3) is 11.8 Å². The van der Waals surface area contributed by atoms with Gasteiger partial charge in [0.25, 0.3) is 0 Å². The van der Waals surface area contributed by atoms with Gasteiger partial charge in [-0.05, 0) is 52.2 Å². The zero-order valence-corrected chi connectivity index (χ0v) is 16.1. The molecule has 2 aromatic carbocycles. The van der Waals surface area contributed by atoms with Gasteiger partial charge in [-0.3, -0.25) is 9.59 Å². The van der Waals surface area contributed by atoms with E-state index in [1.165, 1.54) is 13.3 Å². The molecule has 0 spiro atoms. The first-order valence-corrected chi connectivity index (χ1v) is 9.23. The second kappa shape index (κ2) is 7.67. The summed E-state index contributed by atoms with van der Waals surface area (Å²) < 4.78 is 1.55. The van der Waals surface area contributed by atoms with E-state index < -0.39 is 0 Å². The number of aromatic nitrogens is 4. The number of nitrogens with zero attached hydrogens (tertiary/aromatic N) is 5. The molecular formula is C21H20N6O2. The van der Waals surface area contributed by atoms with Gasteiger partial charge in [0.05, 0.1) is 18.2 Å². The average Bonchev–Trinajstić information content (AvgIpc) is 3.24. The summed E-state index contributed by atoms with van der Waals surface area (Å²) in [6.45, 7) is 3.44. The van der Waals surface area contributed by atoms with Crippen LogP contribution in [0.3, 0.4) is 0 Å². The van der Waals surface area contributed by atoms with Crippen molar-refractivity contribution in [2.75, 3.05) is 5.32 Å². The Kier molecular flexibility index (Phi) is 4.90. The highest BCUT2D eigenvalue weighted by Gasteiger charge is 2.28. The lowest BCUT2D eigenvalue weighted by Gasteiger charge is -2.32. The number of hydrogen-bond acceptors (Lipinski definition) is 5. The zero-order chi connectivity index (χ0) is 20.4. The minimum absolute atomic E-state index is 0.107. The van der Waals surface area contributed by atoms with E-state index >= 15 is 0 Å². The number of nitrogens with one attached hydrogen (secondary N) is 1. The van der Waals surface area contributed by atoms with E-state index in [9.17, 15) is 9.59 Å². The third kappa shape index (κ3) is 3.77. The maximum atomic E-state index is 12.8. The minimum atomic E-state index is -0.349. The molecule has 1 aliphatic heterocycles. The molecule has 0 radical (unpaired) electrons. The van der Waals surface area contributed by atoms with Gasteiger partial charge in [0, 0.05) is 18.8 Å². The Morgan fingerprint density at radius 3 is 2.76 bits per heavy atom. The van der Waals surface area contributed by atoms with Crippen molar-refractivity contribution in [2.24, 2.45) is 0 Å². The maximum Gasteiger partial charge on any atom is 0.226 e. The van der Waals surface area contributed by atoms with Crippen molar-refractivity contribution in [3.8, 4) is 5.69 Å². The molecule has 1 atom stereocenters. The molecule has 2 heterocycles. The number of anilines is 1. The van der Waals surface area contributed by atoms with Crippen LogP contribution in [0.1, 0.15) is 36.1 Å². The third-order valence-electron chi connectivity index (χ3n) is 4.94.